The zero-order chi connectivity index (χ0) is 16.4. The summed E-state index contributed by atoms with van der Waals surface area (Å²) in [6.45, 7) is 0.0606. The molecule has 0 saturated carbocycles. The number of fused-ring (bicyclic) bond motifs is 1. The number of carbonyl (C=O) groups excluding carboxylic acids is 2. The van der Waals surface area contributed by atoms with Gasteiger partial charge in [0.05, 0.1) is 35.3 Å². The number of hydrogen-bond acceptors (Lipinski definition) is 4. The summed E-state index contributed by atoms with van der Waals surface area (Å²) >= 11 is 6.25. The van der Waals surface area contributed by atoms with Crippen molar-refractivity contribution >= 4 is 34.9 Å². The third-order valence-corrected chi connectivity index (χ3v) is 3.87. The quantitative estimate of drug-likeness (QED) is 0.544. The molecule has 0 bridgehead atoms. The van der Waals surface area contributed by atoms with Gasteiger partial charge in [0.15, 0.2) is 0 Å². The number of halogens is 1. The third kappa shape index (κ3) is 2.59. The predicted molar refractivity (Wildman–Crippen MR) is 87.6 cm³/mol. The molecule has 0 fully saturated rings. The van der Waals surface area contributed by atoms with E-state index in [9.17, 15) is 9.59 Å². The van der Waals surface area contributed by atoms with E-state index in [1.54, 1.807) is 28.8 Å². The normalized spacial score (nSPS) is 10.7. The van der Waals surface area contributed by atoms with Gasteiger partial charge in [0.1, 0.15) is 12.1 Å². The number of imidazole rings is 1. The smallest absolute Gasteiger partial charge is 0.340 e. The Hall–Kier alpha value is -2.66. The lowest BCUT2D eigenvalue weighted by atomic mass is 10.2. The topological polar surface area (TPSA) is 61.2 Å². The minimum atomic E-state index is -0.478. The molecule has 5 nitrogen and oxygen atoms in total. The largest absolute Gasteiger partial charge is 0.465 e. The van der Waals surface area contributed by atoms with Crippen molar-refractivity contribution in [3.8, 4) is 11.4 Å². The van der Waals surface area contributed by atoms with Gasteiger partial charge in [-0.1, -0.05) is 29.8 Å². The predicted octanol–water partition coefficient (Wildman–Crippen LogP) is 3.34. The number of aromatic nitrogens is 2. The molecule has 0 saturated heterocycles. The standard InChI is InChI=1S/C17H13ClN2O3/c1-23-17(22)12-6-4-8-14-15(12)20(9-10-21)16(19-14)11-5-2-3-7-13(11)18/h2-8,10H,9H2,1H3. The van der Waals surface area contributed by atoms with Crippen LogP contribution < -0.4 is 0 Å². The summed E-state index contributed by atoms with van der Waals surface area (Å²) in [7, 11) is 1.32. The monoisotopic (exact) mass is 328 g/mol. The van der Waals surface area contributed by atoms with Crippen molar-refractivity contribution in [2.24, 2.45) is 0 Å². The molecule has 0 aliphatic heterocycles. The van der Waals surface area contributed by atoms with E-state index in [4.69, 9.17) is 16.3 Å². The van der Waals surface area contributed by atoms with E-state index in [-0.39, 0.29) is 6.54 Å². The molecule has 3 rings (SSSR count). The molecule has 0 N–H and O–H groups in total. The van der Waals surface area contributed by atoms with Gasteiger partial charge in [0.2, 0.25) is 0 Å². The van der Waals surface area contributed by atoms with Crippen molar-refractivity contribution in [2.45, 2.75) is 6.54 Å². The first-order chi connectivity index (χ1) is 11.2. The van der Waals surface area contributed by atoms with Gasteiger partial charge in [-0.2, -0.15) is 0 Å². The zero-order valence-corrected chi connectivity index (χ0v) is 13.1. The lowest BCUT2D eigenvalue weighted by Gasteiger charge is -2.09. The van der Waals surface area contributed by atoms with Crippen molar-refractivity contribution in [1.29, 1.82) is 0 Å². The maximum atomic E-state index is 12.0. The molecule has 0 amide bonds. The van der Waals surface area contributed by atoms with E-state index in [2.05, 4.69) is 4.98 Å². The van der Waals surface area contributed by atoms with Crippen LogP contribution in [-0.4, -0.2) is 28.9 Å². The summed E-state index contributed by atoms with van der Waals surface area (Å²) < 4.78 is 6.50. The molecule has 0 radical (unpaired) electrons. The molecule has 0 aliphatic carbocycles. The Balaban J connectivity index is 2.36. The zero-order valence-electron chi connectivity index (χ0n) is 12.3. The number of nitrogens with zero attached hydrogens (tertiary/aromatic N) is 2. The number of carbonyl (C=O) groups is 2. The van der Waals surface area contributed by atoms with Gasteiger partial charge in [-0.05, 0) is 24.3 Å². The summed E-state index contributed by atoms with van der Waals surface area (Å²) in [5.74, 6) is 0.0578. The maximum absolute atomic E-state index is 12.0. The molecule has 0 atom stereocenters. The number of para-hydroxylation sites is 1. The highest BCUT2D eigenvalue weighted by Gasteiger charge is 2.20. The molecule has 3 aromatic rings. The summed E-state index contributed by atoms with van der Waals surface area (Å²) in [5.41, 5.74) is 2.21. The number of aldehydes is 1. The van der Waals surface area contributed by atoms with Crippen LogP contribution in [0.25, 0.3) is 22.4 Å². The number of ether oxygens (including phenoxy) is 1. The molecule has 0 spiro atoms. The van der Waals surface area contributed by atoms with Crippen LogP contribution in [0.1, 0.15) is 10.4 Å². The fraction of sp³-hybridized carbons (Fsp3) is 0.118. The van der Waals surface area contributed by atoms with Crippen LogP contribution in [0.4, 0.5) is 0 Å². The van der Waals surface area contributed by atoms with Crippen LogP contribution in [0.15, 0.2) is 42.5 Å². The molecule has 23 heavy (non-hydrogen) atoms. The summed E-state index contributed by atoms with van der Waals surface area (Å²) in [5, 5.41) is 0.523. The Labute approximate surface area is 137 Å². The highest BCUT2D eigenvalue weighted by molar-refractivity contribution is 6.33. The van der Waals surface area contributed by atoms with Crippen LogP contribution >= 0.6 is 11.6 Å². The highest BCUT2D eigenvalue weighted by Crippen LogP contribution is 2.31. The molecule has 116 valence electrons. The molecular formula is C17H13ClN2O3. The fourth-order valence-electron chi connectivity index (χ4n) is 2.56. The van der Waals surface area contributed by atoms with Gasteiger partial charge in [-0.15, -0.1) is 0 Å². The minimum absolute atomic E-state index is 0.0606. The SMILES string of the molecule is COC(=O)c1cccc2nc(-c3ccccc3Cl)n(CC=O)c12. The fourth-order valence-corrected chi connectivity index (χ4v) is 2.78. The summed E-state index contributed by atoms with van der Waals surface area (Å²) in [6.07, 6.45) is 0.759. The Kier molecular flexibility index (Phi) is 4.12. The second-order valence-corrected chi connectivity index (χ2v) is 5.26. The van der Waals surface area contributed by atoms with Crippen molar-refractivity contribution in [2.75, 3.05) is 7.11 Å². The maximum Gasteiger partial charge on any atom is 0.340 e. The Morgan fingerprint density at radius 2 is 2.04 bits per heavy atom. The van der Waals surface area contributed by atoms with Gasteiger partial charge in [0.25, 0.3) is 0 Å². The molecule has 0 unspecified atom stereocenters. The Bertz CT molecular complexity index is 902. The van der Waals surface area contributed by atoms with Crippen molar-refractivity contribution in [3.63, 3.8) is 0 Å². The van der Waals surface area contributed by atoms with Crippen LogP contribution in [0.5, 0.6) is 0 Å². The molecule has 1 heterocycles. The van der Waals surface area contributed by atoms with Gasteiger partial charge in [-0.25, -0.2) is 9.78 Å². The first-order valence-corrected chi connectivity index (χ1v) is 7.31. The number of methoxy groups -OCH3 is 1. The van der Waals surface area contributed by atoms with Crippen molar-refractivity contribution in [1.82, 2.24) is 9.55 Å². The van der Waals surface area contributed by atoms with Gasteiger partial charge >= 0.3 is 5.97 Å². The molecule has 2 aromatic carbocycles. The lowest BCUT2D eigenvalue weighted by molar-refractivity contribution is -0.108. The second kappa shape index (κ2) is 6.22. The van der Waals surface area contributed by atoms with E-state index in [1.807, 2.05) is 18.2 Å². The minimum Gasteiger partial charge on any atom is -0.465 e. The molecule has 0 aliphatic rings. The van der Waals surface area contributed by atoms with Crippen LogP contribution in [0, 0.1) is 0 Å². The Morgan fingerprint density at radius 3 is 2.74 bits per heavy atom. The van der Waals surface area contributed by atoms with E-state index >= 15 is 0 Å². The van der Waals surface area contributed by atoms with E-state index < -0.39 is 5.97 Å². The summed E-state index contributed by atoms with van der Waals surface area (Å²) in [4.78, 5) is 27.7. The van der Waals surface area contributed by atoms with Crippen LogP contribution in [0.3, 0.4) is 0 Å². The summed E-state index contributed by atoms with van der Waals surface area (Å²) in [6, 6.07) is 12.4. The van der Waals surface area contributed by atoms with Gasteiger partial charge in [0, 0.05) is 5.56 Å². The van der Waals surface area contributed by atoms with E-state index in [1.165, 1.54) is 7.11 Å². The van der Waals surface area contributed by atoms with Gasteiger partial charge in [-0.3, -0.25) is 0 Å². The van der Waals surface area contributed by atoms with E-state index in [0.29, 0.717) is 33.0 Å². The average Bonchev–Trinajstić information content (AvgIpc) is 2.93. The average molecular weight is 329 g/mol. The number of esters is 1. The first-order valence-electron chi connectivity index (χ1n) is 6.93. The Morgan fingerprint density at radius 1 is 1.26 bits per heavy atom. The van der Waals surface area contributed by atoms with Crippen molar-refractivity contribution in [3.05, 3.63) is 53.1 Å². The van der Waals surface area contributed by atoms with Crippen molar-refractivity contribution < 1.29 is 14.3 Å². The molecule has 1 aromatic heterocycles. The number of benzene rings is 2. The third-order valence-electron chi connectivity index (χ3n) is 3.54. The molecular weight excluding hydrogens is 316 g/mol. The lowest BCUT2D eigenvalue weighted by Crippen LogP contribution is -2.07. The van der Waals surface area contributed by atoms with Gasteiger partial charge < -0.3 is 14.1 Å². The highest BCUT2D eigenvalue weighted by atomic mass is 35.5. The van der Waals surface area contributed by atoms with Crippen LogP contribution in [-0.2, 0) is 16.1 Å². The van der Waals surface area contributed by atoms with Crippen LogP contribution in [0.2, 0.25) is 5.02 Å². The first kappa shape index (κ1) is 15.2. The molecule has 6 heteroatoms. The second-order valence-electron chi connectivity index (χ2n) is 4.86. The number of hydrogen-bond donors (Lipinski definition) is 0. The number of rotatable bonds is 4. The van der Waals surface area contributed by atoms with E-state index in [0.717, 1.165) is 6.29 Å².